The Morgan fingerprint density at radius 1 is 0.655 bits per heavy atom. The first-order chi connectivity index (χ1) is 28.3. The number of aromatic nitrogens is 4. The first-order valence-corrected chi connectivity index (χ1v) is 19.4. The van der Waals surface area contributed by atoms with E-state index in [4.69, 9.17) is 19.4 Å². The summed E-state index contributed by atoms with van der Waals surface area (Å²) in [6.07, 6.45) is 3.54. The number of carbonyl (C=O) groups is 4. The van der Waals surface area contributed by atoms with E-state index < -0.39 is 24.3 Å². The number of methoxy groups -OCH3 is 2. The first-order valence-electron chi connectivity index (χ1n) is 19.4. The lowest BCUT2D eigenvalue weighted by Crippen LogP contribution is -2.42. The van der Waals surface area contributed by atoms with E-state index in [1.165, 1.54) is 14.2 Å². The van der Waals surface area contributed by atoms with Gasteiger partial charge in [-0.2, -0.15) is 0 Å². The zero-order valence-electron chi connectivity index (χ0n) is 32.2. The number of benzene rings is 4. The SMILES string of the molecule is COC(=O)N[C@@H](C(=O)N1CCC[C@@H]1c1ncc(-c2ccc(-c3ccc4nc([C@@H]5CCCN5C(=O)[C@H](NC(=O)OC)c5ccccc5)[nH]c4c3)cc2)[nH]1)c1ccccc1. The van der Waals surface area contributed by atoms with Gasteiger partial charge in [-0.1, -0.05) is 91.0 Å². The molecule has 0 aliphatic carbocycles. The molecule has 2 aliphatic rings. The summed E-state index contributed by atoms with van der Waals surface area (Å²) in [6.45, 7) is 1.09. The van der Waals surface area contributed by atoms with E-state index in [9.17, 15) is 19.2 Å². The smallest absolute Gasteiger partial charge is 0.407 e. The van der Waals surface area contributed by atoms with Crippen molar-refractivity contribution < 1.29 is 28.7 Å². The zero-order valence-corrected chi connectivity index (χ0v) is 32.2. The number of ether oxygens (including phenoxy) is 2. The summed E-state index contributed by atoms with van der Waals surface area (Å²) in [5.74, 6) is 0.948. The number of alkyl carbamates (subject to hydrolysis) is 2. The number of likely N-dealkylation sites (tertiary alicyclic amines) is 2. The van der Waals surface area contributed by atoms with E-state index in [1.54, 1.807) is 16.0 Å². The topological polar surface area (TPSA) is 175 Å². The minimum Gasteiger partial charge on any atom is -0.453 e. The second kappa shape index (κ2) is 16.6. The monoisotopic (exact) mass is 780 g/mol. The van der Waals surface area contributed by atoms with Crippen LogP contribution in [0.1, 0.15) is 72.6 Å². The molecule has 4 N–H and O–H groups in total. The highest BCUT2D eigenvalue weighted by atomic mass is 16.5. The maximum Gasteiger partial charge on any atom is 0.407 e. The fraction of sp³-hybridized carbons (Fsp3) is 0.273. The molecule has 2 fully saturated rings. The maximum atomic E-state index is 14.0. The van der Waals surface area contributed by atoms with Gasteiger partial charge >= 0.3 is 12.2 Å². The number of amides is 4. The molecular formula is C44H44N8O6. The number of H-pyrrole nitrogens is 2. The Balaban J connectivity index is 0.972. The van der Waals surface area contributed by atoms with Gasteiger partial charge in [-0.25, -0.2) is 19.6 Å². The average molecular weight is 781 g/mol. The van der Waals surface area contributed by atoms with Gasteiger partial charge in [0.1, 0.15) is 23.7 Å². The largest absolute Gasteiger partial charge is 0.453 e. The second-order valence-electron chi connectivity index (χ2n) is 14.5. The van der Waals surface area contributed by atoms with E-state index in [-0.39, 0.29) is 23.9 Å². The summed E-state index contributed by atoms with van der Waals surface area (Å²) < 4.78 is 9.66. The van der Waals surface area contributed by atoms with Crippen LogP contribution in [0.4, 0.5) is 9.59 Å². The van der Waals surface area contributed by atoms with Crippen molar-refractivity contribution in [1.29, 1.82) is 0 Å². The third-order valence-electron chi connectivity index (χ3n) is 11.0. The summed E-state index contributed by atoms with van der Waals surface area (Å²) >= 11 is 0. The van der Waals surface area contributed by atoms with Gasteiger partial charge in [0.25, 0.3) is 11.8 Å². The molecule has 4 heterocycles. The average Bonchev–Trinajstić information content (AvgIpc) is 4.11. The quantitative estimate of drug-likeness (QED) is 0.113. The van der Waals surface area contributed by atoms with Gasteiger partial charge in [-0.3, -0.25) is 9.59 Å². The Bertz CT molecular complexity index is 2420. The predicted octanol–water partition coefficient (Wildman–Crippen LogP) is 7.14. The summed E-state index contributed by atoms with van der Waals surface area (Å²) in [7, 11) is 2.56. The molecule has 14 heteroatoms. The van der Waals surface area contributed by atoms with Crippen LogP contribution < -0.4 is 10.6 Å². The molecule has 14 nitrogen and oxygen atoms in total. The van der Waals surface area contributed by atoms with Crippen molar-refractivity contribution in [3.63, 3.8) is 0 Å². The molecule has 58 heavy (non-hydrogen) atoms. The fourth-order valence-corrected chi connectivity index (χ4v) is 8.04. The van der Waals surface area contributed by atoms with Crippen LogP contribution >= 0.6 is 0 Å². The molecule has 0 bridgehead atoms. The summed E-state index contributed by atoms with van der Waals surface area (Å²) in [5.41, 5.74) is 6.78. The predicted molar refractivity (Wildman–Crippen MR) is 216 cm³/mol. The van der Waals surface area contributed by atoms with Crippen LogP contribution in [-0.2, 0) is 19.1 Å². The molecule has 2 aliphatic heterocycles. The molecule has 4 atom stereocenters. The number of hydrogen-bond donors (Lipinski definition) is 4. The minimum absolute atomic E-state index is 0.219. The molecule has 4 aromatic carbocycles. The number of nitrogens with one attached hydrogen (secondary N) is 4. The van der Waals surface area contributed by atoms with Crippen molar-refractivity contribution in [1.82, 2.24) is 40.4 Å². The molecule has 2 saturated heterocycles. The van der Waals surface area contributed by atoms with Crippen LogP contribution in [0.15, 0.2) is 109 Å². The molecule has 296 valence electrons. The Kier molecular flexibility index (Phi) is 10.9. The Morgan fingerprint density at radius 2 is 1.17 bits per heavy atom. The number of nitrogens with zero attached hydrogens (tertiary/aromatic N) is 4. The highest BCUT2D eigenvalue weighted by Crippen LogP contribution is 2.36. The van der Waals surface area contributed by atoms with Crippen molar-refractivity contribution >= 4 is 35.0 Å². The number of fused-ring (bicyclic) bond motifs is 1. The Morgan fingerprint density at radius 3 is 1.72 bits per heavy atom. The number of rotatable bonds is 10. The van der Waals surface area contributed by atoms with Gasteiger partial charge in [-0.05, 0) is 65.6 Å². The highest BCUT2D eigenvalue weighted by molar-refractivity contribution is 5.89. The molecule has 0 saturated carbocycles. The highest BCUT2D eigenvalue weighted by Gasteiger charge is 2.38. The van der Waals surface area contributed by atoms with Crippen LogP contribution in [0.25, 0.3) is 33.4 Å². The maximum absolute atomic E-state index is 14.0. The lowest BCUT2D eigenvalue weighted by Gasteiger charge is -2.28. The molecule has 6 aromatic rings. The molecule has 8 rings (SSSR count). The fourth-order valence-electron chi connectivity index (χ4n) is 8.04. The third-order valence-corrected chi connectivity index (χ3v) is 11.0. The minimum atomic E-state index is -0.891. The van der Waals surface area contributed by atoms with Crippen LogP contribution in [0.2, 0.25) is 0 Å². The second-order valence-corrected chi connectivity index (χ2v) is 14.5. The number of imidazole rings is 2. The van der Waals surface area contributed by atoms with Crippen molar-refractivity contribution in [3.8, 4) is 22.4 Å². The molecule has 0 radical (unpaired) electrons. The van der Waals surface area contributed by atoms with Crippen molar-refractivity contribution in [2.75, 3.05) is 27.3 Å². The van der Waals surface area contributed by atoms with E-state index in [0.29, 0.717) is 35.9 Å². The van der Waals surface area contributed by atoms with E-state index in [2.05, 4.69) is 38.8 Å². The van der Waals surface area contributed by atoms with Crippen molar-refractivity contribution in [2.45, 2.75) is 49.9 Å². The van der Waals surface area contributed by atoms with Gasteiger partial charge in [0.2, 0.25) is 0 Å². The molecular weight excluding hydrogens is 737 g/mol. The molecule has 2 aromatic heterocycles. The summed E-state index contributed by atoms with van der Waals surface area (Å²) in [5, 5.41) is 5.42. The Hall–Kier alpha value is -6.96. The van der Waals surface area contributed by atoms with Gasteiger partial charge in [0, 0.05) is 13.1 Å². The van der Waals surface area contributed by atoms with Crippen LogP contribution in [0, 0.1) is 0 Å². The zero-order chi connectivity index (χ0) is 40.2. The number of hydrogen-bond acceptors (Lipinski definition) is 8. The molecule has 0 spiro atoms. The van der Waals surface area contributed by atoms with Crippen molar-refractivity contribution in [3.05, 3.63) is 132 Å². The van der Waals surface area contributed by atoms with Crippen LogP contribution in [0.5, 0.6) is 0 Å². The first kappa shape index (κ1) is 37.9. The lowest BCUT2D eigenvalue weighted by molar-refractivity contribution is -0.135. The van der Waals surface area contributed by atoms with E-state index >= 15 is 0 Å². The van der Waals surface area contributed by atoms with E-state index in [0.717, 1.165) is 59.1 Å². The standard InChI is InChI=1S/C44H44N8O6/c1-57-43(55)49-37(29-11-5-3-6-12-29)41(53)51-23-9-15-35(51)39-45-26-34(48-39)28-19-17-27(18-20-28)31-21-22-32-33(25-31)47-40(46-32)36-16-10-24-52(36)42(54)38(50-44(56)58-2)30-13-7-4-8-14-30/h3-8,11-14,17-22,25-26,35-38H,9-10,15-16,23-24H2,1-2H3,(H,45,48)(H,46,47)(H,49,55)(H,50,56)/t35-,36+,37-,38-/m1/s1. The van der Waals surface area contributed by atoms with Gasteiger partial charge in [-0.15, -0.1) is 0 Å². The third kappa shape index (κ3) is 7.73. The van der Waals surface area contributed by atoms with E-state index in [1.807, 2.05) is 84.9 Å². The Labute approximate surface area is 335 Å². The normalized spacial score (nSPS) is 17.5. The van der Waals surface area contributed by atoms with Crippen LogP contribution in [-0.4, -0.2) is 81.0 Å². The van der Waals surface area contributed by atoms with Gasteiger partial charge < -0.3 is 39.9 Å². The summed E-state index contributed by atoms with van der Waals surface area (Å²) in [6, 6.07) is 30.2. The van der Waals surface area contributed by atoms with Gasteiger partial charge in [0.05, 0.1) is 49.2 Å². The van der Waals surface area contributed by atoms with Gasteiger partial charge in [0.15, 0.2) is 0 Å². The summed E-state index contributed by atoms with van der Waals surface area (Å²) in [4.78, 5) is 72.4. The van der Waals surface area contributed by atoms with Crippen molar-refractivity contribution in [2.24, 2.45) is 0 Å². The lowest BCUT2D eigenvalue weighted by atomic mass is 10.0. The number of aromatic amines is 2. The van der Waals surface area contributed by atoms with Crippen LogP contribution in [0.3, 0.4) is 0 Å². The molecule has 0 unspecified atom stereocenters. The number of carbonyl (C=O) groups excluding carboxylic acids is 4. The molecule has 4 amide bonds.